The monoisotopic (exact) mass is 455 g/mol. The molecule has 8 heteroatoms. The Labute approximate surface area is 193 Å². The Morgan fingerprint density at radius 3 is 2.52 bits per heavy atom. The van der Waals surface area contributed by atoms with Crippen LogP contribution < -0.4 is 9.47 Å². The van der Waals surface area contributed by atoms with Gasteiger partial charge in [0.15, 0.2) is 11.5 Å². The molecule has 1 heterocycles. The Balaban J connectivity index is 2.18. The summed E-state index contributed by atoms with van der Waals surface area (Å²) in [4.78, 5) is 27.5. The highest BCUT2D eigenvalue weighted by Gasteiger charge is 2.46. The minimum absolute atomic E-state index is 0.0150. The van der Waals surface area contributed by atoms with Crippen LogP contribution in [0.3, 0.4) is 0 Å². The zero-order valence-electron chi connectivity index (χ0n) is 19.3. The van der Waals surface area contributed by atoms with Crippen LogP contribution in [0, 0.1) is 6.92 Å². The van der Waals surface area contributed by atoms with Crippen molar-refractivity contribution in [2.24, 2.45) is 0 Å². The van der Waals surface area contributed by atoms with Crippen molar-refractivity contribution in [1.82, 2.24) is 4.90 Å². The Morgan fingerprint density at radius 1 is 1.12 bits per heavy atom. The van der Waals surface area contributed by atoms with E-state index < -0.39 is 17.7 Å². The number of Topliss-reactive ketones (excluding diaryl/α,β-unsaturated/α-hetero) is 1. The third kappa shape index (κ3) is 4.80. The maximum atomic E-state index is 13.1. The SMILES string of the molecule is CCOc1cc(C2C(=C(O)c3ccc(OC)cc3C)C(=O)C(=O)N2CCCOC)ccc1O. The molecule has 0 radical (unpaired) electrons. The Kier molecular flexibility index (Phi) is 7.60. The predicted molar refractivity (Wildman–Crippen MR) is 123 cm³/mol. The summed E-state index contributed by atoms with van der Waals surface area (Å²) in [5.74, 6) is -0.939. The van der Waals surface area contributed by atoms with Crippen LogP contribution in [0.25, 0.3) is 5.76 Å². The van der Waals surface area contributed by atoms with Crippen LogP contribution in [-0.4, -0.2) is 60.8 Å². The molecule has 1 fully saturated rings. The maximum Gasteiger partial charge on any atom is 0.295 e. The maximum absolute atomic E-state index is 13.1. The van der Waals surface area contributed by atoms with Crippen molar-refractivity contribution in [3.63, 3.8) is 0 Å². The number of rotatable bonds is 9. The van der Waals surface area contributed by atoms with Crippen molar-refractivity contribution in [2.45, 2.75) is 26.3 Å². The van der Waals surface area contributed by atoms with E-state index in [0.717, 1.165) is 0 Å². The summed E-state index contributed by atoms with van der Waals surface area (Å²) in [6.07, 6.45) is 0.512. The van der Waals surface area contributed by atoms with E-state index in [0.29, 0.717) is 42.1 Å². The third-order valence-electron chi connectivity index (χ3n) is 5.58. The molecule has 1 atom stereocenters. The van der Waals surface area contributed by atoms with Crippen LogP contribution in [-0.2, 0) is 14.3 Å². The number of ether oxygens (including phenoxy) is 3. The summed E-state index contributed by atoms with van der Waals surface area (Å²) >= 11 is 0. The number of ketones is 1. The van der Waals surface area contributed by atoms with Crippen LogP contribution in [0.5, 0.6) is 17.2 Å². The third-order valence-corrected chi connectivity index (χ3v) is 5.58. The van der Waals surface area contributed by atoms with E-state index in [1.54, 1.807) is 58.4 Å². The predicted octanol–water partition coefficient (Wildman–Crippen LogP) is 3.57. The molecular weight excluding hydrogens is 426 g/mol. The number of amides is 1. The molecule has 0 aromatic heterocycles. The molecule has 2 aromatic rings. The molecule has 1 saturated heterocycles. The van der Waals surface area contributed by atoms with Gasteiger partial charge in [0, 0.05) is 25.8 Å². The molecule has 176 valence electrons. The first kappa shape index (κ1) is 24.1. The number of aryl methyl sites for hydroxylation is 1. The molecule has 8 nitrogen and oxygen atoms in total. The molecule has 0 aliphatic carbocycles. The second-order valence-electron chi connectivity index (χ2n) is 7.68. The smallest absolute Gasteiger partial charge is 0.295 e. The van der Waals surface area contributed by atoms with Gasteiger partial charge in [-0.05, 0) is 61.7 Å². The number of likely N-dealkylation sites (tertiary alicyclic amines) is 1. The molecule has 33 heavy (non-hydrogen) atoms. The van der Waals surface area contributed by atoms with E-state index in [-0.39, 0.29) is 29.4 Å². The van der Waals surface area contributed by atoms with Crippen molar-refractivity contribution in [3.8, 4) is 17.2 Å². The minimum atomic E-state index is -0.844. The van der Waals surface area contributed by atoms with Gasteiger partial charge in [0.25, 0.3) is 11.7 Å². The molecule has 3 rings (SSSR count). The zero-order valence-corrected chi connectivity index (χ0v) is 19.3. The number of hydrogen-bond acceptors (Lipinski definition) is 7. The van der Waals surface area contributed by atoms with Gasteiger partial charge in [-0.25, -0.2) is 0 Å². The molecule has 0 bridgehead atoms. The number of aliphatic hydroxyl groups excluding tert-OH is 1. The van der Waals surface area contributed by atoms with Gasteiger partial charge >= 0.3 is 0 Å². The Bertz CT molecular complexity index is 1080. The van der Waals surface area contributed by atoms with Crippen molar-refractivity contribution in [3.05, 3.63) is 58.7 Å². The van der Waals surface area contributed by atoms with Crippen molar-refractivity contribution in [1.29, 1.82) is 0 Å². The lowest BCUT2D eigenvalue weighted by Crippen LogP contribution is -2.31. The molecule has 1 amide bonds. The van der Waals surface area contributed by atoms with Crippen LogP contribution in [0.2, 0.25) is 0 Å². The standard InChI is InChI=1S/C25H29NO7/c1-5-33-20-14-16(7-10-19(20)27)22-21(24(29)25(30)26(22)11-6-12-31-3)23(28)18-9-8-17(32-4)13-15(18)2/h7-10,13-14,22,27-28H,5-6,11-12H2,1-4H3. The van der Waals surface area contributed by atoms with E-state index >= 15 is 0 Å². The first-order valence-corrected chi connectivity index (χ1v) is 10.7. The van der Waals surface area contributed by atoms with Crippen molar-refractivity contribution < 1.29 is 34.0 Å². The fraction of sp³-hybridized carbons (Fsp3) is 0.360. The topological polar surface area (TPSA) is 106 Å². The van der Waals surface area contributed by atoms with Crippen LogP contribution in [0.15, 0.2) is 42.0 Å². The van der Waals surface area contributed by atoms with Gasteiger partial charge in [-0.2, -0.15) is 0 Å². The average molecular weight is 456 g/mol. The second kappa shape index (κ2) is 10.4. The van der Waals surface area contributed by atoms with Crippen LogP contribution in [0.4, 0.5) is 0 Å². The van der Waals surface area contributed by atoms with Gasteiger partial charge in [-0.1, -0.05) is 6.07 Å². The van der Waals surface area contributed by atoms with Crippen molar-refractivity contribution in [2.75, 3.05) is 34.0 Å². The van der Waals surface area contributed by atoms with Crippen molar-refractivity contribution >= 4 is 17.4 Å². The van der Waals surface area contributed by atoms with E-state index in [1.165, 1.54) is 11.0 Å². The first-order valence-electron chi connectivity index (χ1n) is 10.7. The quantitative estimate of drug-likeness (QED) is 0.258. The Morgan fingerprint density at radius 2 is 1.88 bits per heavy atom. The number of carbonyl (C=O) groups excluding carboxylic acids is 2. The van der Waals surface area contributed by atoms with Crippen LogP contribution in [0.1, 0.15) is 36.1 Å². The van der Waals surface area contributed by atoms with E-state index in [2.05, 4.69) is 0 Å². The number of aromatic hydroxyl groups is 1. The lowest BCUT2D eigenvalue weighted by molar-refractivity contribution is -0.140. The van der Waals surface area contributed by atoms with Crippen LogP contribution >= 0.6 is 0 Å². The summed E-state index contributed by atoms with van der Waals surface area (Å²) in [7, 11) is 3.10. The minimum Gasteiger partial charge on any atom is -0.507 e. The van der Waals surface area contributed by atoms with Gasteiger partial charge in [-0.15, -0.1) is 0 Å². The number of benzene rings is 2. The molecule has 1 aliphatic heterocycles. The Hall–Kier alpha value is -3.52. The number of hydrogen-bond donors (Lipinski definition) is 2. The molecule has 0 spiro atoms. The number of nitrogens with zero attached hydrogens (tertiary/aromatic N) is 1. The van der Waals surface area contributed by atoms with E-state index in [9.17, 15) is 19.8 Å². The highest BCUT2D eigenvalue weighted by atomic mass is 16.5. The summed E-state index contributed by atoms with van der Waals surface area (Å²) in [6.45, 7) is 4.57. The number of carbonyl (C=O) groups is 2. The highest BCUT2D eigenvalue weighted by molar-refractivity contribution is 6.46. The fourth-order valence-electron chi connectivity index (χ4n) is 3.98. The number of methoxy groups -OCH3 is 2. The average Bonchev–Trinajstić information content (AvgIpc) is 3.05. The zero-order chi connectivity index (χ0) is 24.1. The number of aliphatic hydroxyl groups is 1. The number of phenols is 1. The van der Waals surface area contributed by atoms with Gasteiger partial charge in [-0.3, -0.25) is 9.59 Å². The fourth-order valence-corrected chi connectivity index (χ4v) is 3.98. The summed E-state index contributed by atoms with van der Waals surface area (Å²) in [5.41, 5.74) is 1.65. The van der Waals surface area contributed by atoms with Gasteiger partial charge in [0.05, 0.1) is 25.3 Å². The largest absolute Gasteiger partial charge is 0.507 e. The molecule has 1 aliphatic rings. The van der Waals surface area contributed by atoms with E-state index in [4.69, 9.17) is 14.2 Å². The van der Waals surface area contributed by atoms with E-state index in [1.807, 2.05) is 0 Å². The lowest BCUT2D eigenvalue weighted by Gasteiger charge is -2.26. The molecule has 1 unspecified atom stereocenters. The lowest BCUT2D eigenvalue weighted by atomic mass is 9.93. The number of phenolic OH excluding ortho intramolecular Hbond substituents is 1. The molecule has 2 N–H and O–H groups in total. The normalized spacial score (nSPS) is 17.5. The molecule has 2 aromatic carbocycles. The summed E-state index contributed by atoms with van der Waals surface area (Å²) in [5, 5.41) is 21.4. The molecular formula is C25H29NO7. The summed E-state index contributed by atoms with van der Waals surface area (Å²) in [6, 6.07) is 8.89. The van der Waals surface area contributed by atoms with Gasteiger partial charge in [0.2, 0.25) is 0 Å². The second-order valence-corrected chi connectivity index (χ2v) is 7.68. The first-order chi connectivity index (χ1) is 15.8. The van der Waals surface area contributed by atoms with Gasteiger partial charge < -0.3 is 29.3 Å². The van der Waals surface area contributed by atoms with Gasteiger partial charge in [0.1, 0.15) is 11.5 Å². The highest BCUT2D eigenvalue weighted by Crippen LogP contribution is 2.42. The summed E-state index contributed by atoms with van der Waals surface area (Å²) < 4.78 is 15.8. The molecule has 0 saturated carbocycles.